The highest BCUT2D eigenvalue weighted by molar-refractivity contribution is 9.10. The normalized spacial score (nSPS) is 14.9. The molecule has 1 saturated heterocycles. The lowest BCUT2D eigenvalue weighted by Crippen LogP contribution is -2.27. The second kappa shape index (κ2) is 6.23. The Morgan fingerprint density at radius 3 is 2.72 bits per heavy atom. The smallest absolute Gasteiger partial charge is 0.253 e. The van der Waals surface area contributed by atoms with E-state index in [4.69, 9.17) is 4.74 Å². The number of carbonyl (C=O) groups is 1. The van der Waals surface area contributed by atoms with Crippen molar-refractivity contribution in [2.45, 2.75) is 26.2 Å². The highest BCUT2D eigenvalue weighted by Crippen LogP contribution is 2.27. The van der Waals surface area contributed by atoms with Crippen molar-refractivity contribution >= 4 is 21.8 Å². The van der Waals surface area contributed by atoms with E-state index in [0.717, 1.165) is 48.1 Å². The summed E-state index contributed by atoms with van der Waals surface area (Å²) in [6.45, 7) is 4.52. The Morgan fingerprint density at radius 1 is 1.39 bits per heavy atom. The molecule has 3 nitrogen and oxygen atoms in total. The maximum atomic E-state index is 12.2. The quantitative estimate of drug-likeness (QED) is 0.852. The molecule has 0 spiro atoms. The van der Waals surface area contributed by atoms with Gasteiger partial charge in [0.05, 0.1) is 11.1 Å². The first-order valence-corrected chi connectivity index (χ1v) is 7.23. The van der Waals surface area contributed by atoms with Crippen molar-refractivity contribution in [2.75, 3.05) is 19.7 Å². The molecule has 0 aromatic heterocycles. The lowest BCUT2D eigenvalue weighted by Gasteiger charge is -2.16. The molecule has 0 bridgehead atoms. The summed E-state index contributed by atoms with van der Waals surface area (Å²) >= 11 is 3.46. The third-order valence-electron chi connectivity index (χ3n) is 3.03. The number of benzene rings is 1. The molecule has 0 aliphatic carbocycles. The van der Waals surface area contributed by atoms with Crippen molar-refractivity contribution in [3.8, 4) is 5.75 Å². The van der Waals surface area contributed by atoms with Crippen LogP contribution in [0.2, 0.25) is 0 Å². The van der Waals surface area contributed by atoms with Gasteiger partial charge in [0.15, 0.2) is 0 Å². The van der Waals surface area contributed by atoms with Gasteiger partial charge in [-0.05, 0) is 53.4 Å². The molecule has 4 heteroatoms. The number of hydrogen-bond acceptors (Lipinski definition) is 2. The second-order valence-corrected chi connectivity index (χ2v) is 5.35. The van der Waals surface area contributed by atoms with E-state index in [1.165, 1.54) is 0 Å². The Bertz CT molecular complexity index is 428. The minimum Gasteiger partial charge on any atom is -0.492 e. The highest BCUT2D eigenvalue weighted by atomic mass is 79.9. The average molecular weight is 312 g/mol. The largest absolute Gasteiger partial charge is 0.492 e. The molecule has 1 heterocycles. The Kier molecular flexibility index (Phi) is 4.64. The van der Waals surface area contributed by atoms with Crippen LogP contribution < -0.4 is 4.74 Å². The van der Waals surface area contributed by atoms with E-state index in [1.54, 1.807) is 0 Å². The summed E-state index contributed by atoms with van der Waals surface area (Å²) in [7, 11) is 0. The first-order valence-electron chi connectivity index (χ1n) is 6.44. The van der Waals surface area contributed by atoms with Crippen molar-refractivity contribution in [3.05, 3.63) is 28.2 Å². The molecule has 0 radical (unpaired) electrons. The predicted octanol–water partition coefficient (Wildman–Crippen LogP) is 3.47. The zero-order valence-electron chi connectivity index (χ0n) is 10.6. The van der Waals surface area contributed by atoms with Gasteiger partial charge in [-0.1, -0.05) is 6.92 Å². The van der Waals surface area contributed by atoms with E-state index in [2.05, 4.69) is 22.9 Å². The lowest BCUT2D eigenvalue weighted by molar-refractivity contribution is 0.0792. The molecule has 0 saturated carbocycles. The van der Waals surface area contributed by atoms with Crippen molar-refractivity contribution in [3.63, 3.8) is 0 Å². The number of hydrogen-bond donors (Lipinski definition) is 0. The summed E-state index contributed by atoms with van der Waals surface area (Å²) in [5.74, 6) is 0.921. The maximum Gasteiger partial charge on any atom is 0.253 e. The monoisotopic (exact) mass is 311 g/mol. The van der Waals surface area contributed by atoms with Crippen LogP contribution in [-0.4, -0.2) is 30.5 Å². The van der Waals surface area contributed by atoms with Gasteiger partial charge in [-0.25, -0.2) is 0 Å². The Balaban J connectivity index is 2.10. The molecule has 1 aliphatic rings. The number of ether oxygens (including phenoxy) is 1. The lowest BCUT2D eigenvalue weighted by atomic mass is 10.2. The number of halogens is 1. The predicted molar refractivity (Wildman–Crippen MR) is 75.1 cm³/mol. The molecule has 1 aliphatic heterocycles. The standard InChI is InChI=1S/C14H18BrNO2/c1-2-9-18-13-6-5-11(10-12(13)15)14(17)16-7-3-4-8-16/h5-6,10H,2-4,7-9H2,1H3. The summed E-state index contributed by atoms with van der Waals surface area (Å²) in [6.07, 6.45) is 3.20. The van der Waals surface area contributed by atoms with Gasteiger partial charge in [-0.15, -0.1) is 0 Å². The highest BCUT2D eigenvalue weighted by Gasteiger charge is 2.20. The van der Waals surface area contributed by atoms with Gasteiger partial charge in [-0.2, -0.15) is 0 Å². The summed E-state index contributed by atoms with van der Waals surface area (Å²) in [5.41, 5.74) is 0.729. The van der Waals surface area contributed by atoms with Crippen LogP contribution in [0.15, 0.2) is 22.7 Å². The minimum atomic E-state index is 0.121. The van der Waals surface area contributed by atoms with Crippen LogP contribution in [0.3, 0.4) is 0 Å². The first kappa shape index (κ1) is 13.4. The molecule has 1 fully saturated rings. The van der Waals surface area contributed by atoms with E-state index in [1.807, 2.05) is 23.1 Å². The molecule has 2 rings (SSSR count). The van der Waals surface area contributed by atoms with Gasteiger partial charge in [0.25, 0.3) is 5.91 Å². The molecule has 0 unspecified atom stereocenters. The van der Waals surface area contributed by atoms with Crippen molar-refractivity contribution in [1.82, 2.24) is 4.90 Å². The minimum absolute atomic E-state index is 0.121. The van der Waals surface area contributed by atoms with E-state index in [-0.39, 0.29) is 5.91 Å². The average Bonchev–Trinajstić information content (AvgIpc) is 2.90. The number of amides is 1. The topological polar surface area (TPSA) is 29.5 Å². The first-order chi connectivity index (χ1) is 8.72. The van der Waals surface area contributed by atoms with Crippen molar-refractivity contribution < 1.29 is 9.53 Å². The molecule has 0 atom stereocenters. The Labute approximate surface area is 116 Å². The second-order valence-electron chi connectivity index (χ2n) is 4.49. The van der Waals surface area contributed by atoms with Gasteiger partial charge < -0.3 is 9.64 Å². The molecule has 0 N–H and O–H groups in total. The molecular weight excluding hydrogens is 294 g/mol. The number of likely N-dealkylation sites (tertiary alicyclic amines) is 1. The fourth-order valence-electron chi connectivity index (χ4n) is 2.07. The molecule has 98 valence electrons. The Morgan fingerprint density at radius 2 is 2.11 bits per heavy atom. The van der Waals surface area contributed by atoms with Gasteiger partial charge in [0.2, 0.25) is 0 Å². The van der Waals surface area contributed by atoms with Gasteiger partial charge >= 0.3 is 0 Å². The van der Waals surface area contributed by atoms with E-state index in [9.17, 15) is 4.79 Å². The summed E-state index contributed by atoms with van der Waals surface area (Å²) in [4.78, 5) is 14.1. The van der Waals surface area contributed by atoms with Gasteiger partial charge in [0.1, 0.15) is 5.75 Å². The zero-order chi connectivity index (χ0) is 13.0. The molecule has 1 aromatic carbocycles. The van der Waals surface area contributed by atoms with Gasteiger partial charge in [-0.3, -0.25) is 4.79 Å². The number of carbonyl (C=O) groups excluding carboxylic acids is 1. The van der Waals surface area contributed by atoms with E-state index >= 15 is 0 Å². The molecule has 18 heavy (non-hydrogen) atoms. The number of rotatable bonds is 4. The summed E-state index contributed by atoms with van der Waals surface area (Å²) in [6, 6.07) is 5.56. The third-order valence-corrected chi connectivity index (χ3v) is 3.65. The summed E-state index contributed by atoms with van der Waals surface area (Å²) in [5, 5.41) is 0. The van der Waals surface area contributed by atoms with Crippen molar-refractivity contribution in [2.24, 2.45) is 0 Å². The zero-order valence-corrected chi connectivity index (χ0v) is 12.2. The van der Waals surface area contributed by atoms with Crippen molar-refractivity contribution in [1.29, 1.82) is 0 Å². The van der Waals surface area contributed by atoms with Crippen LogP contribution in [0.1, 0.15) is 36.5 Å². The molecule has 1 amide bonds. The van der Waals surface area contributed by atoms with E-state index < -0.39 is 0 Å². The third kappa shape index (κ3) is 3.05. The van der Waals surface area contributed by atoms with Crippen LogP contribution in [0.5, 0.6) is 5.75 Å². The maximum absolute atomic E-state index is 12.2. The van der Waals surface area contributed by atoms with Crippen LogP contribution in [0.25, 0.3) is 0 Å². The Hall–Kier alpha value is -1.03. The summed E-state index contributed by atoms with van der Waals surface area (Å²) < 4.78 is 6.42. The van der Waals surface area contributed by atoms with Crippen LogP contribution in [-0.2, 0) is 0 Å². The molecular formula is C14H18BrNO2. The van der Waals surface area contributed by atoms with Crippen LogP contribution in [0, 0.1) is 0 Å². The molecule has 1 aromatic rings. The fourth-order valence-corrected chi connectivity index (χ4v) is 2.56. The fraction of sp³-hybridized carbons (Fsp3) is 0.500. The van der Waals surface area contributed by atoms with Crippen LogP contribution in [0.4, 0.5) is 0 Å². The van der Waals surface area contributed by atoms with Crippen LogP contribution >= 0.6 is 15.9 Å². The SMILES string of the molecule is CCCOc1ccc(C(=O)N2CCCC2)cc1Br. The number of nitrogens with zero attached hydrogens (tertiary/aromatic N) is 1. The van der Waals surface area contributed by atoms with E-state index in [0.29, 0.717) is 6.61 Å². The van der Waals surface area contributed by atoms with Gasteiger partial charge in [0, 0.05) is 18.7 Å².